The maximum atomic E-state index is 12.3. The second kappa shape index (κ2) is 9.54. The van der Waals surface area contributed by atoms with Crippen LogP contribution in [0.1, 0.15) is 27.2 Å². The minimum absolute atomic E-state index is 0. The lowest BCUT2D eigenvalue weighted by Gasteiger charge is -2.26. The van der Waals surface area contributed by atoms with Crippen molar-refractivity contribution in [3.8, 4) is 0 Å². The van der Waals surface area contributed by atoms with Crippen molar-refractivity contribution in [2.45, 2.75) is 27.2 Å². The molecule has 2 aliphatic heterocycles. The minimum Gasteiger partial charge on any atom is -0.379 e. The van der Waals surface area contributed by atoms with E-state index in [1.807, 2.05) is 6.92 Å². The summed E-state index contributed by atoms with van der Waals surface area (Å²) < 4.78 is 31.4. The fourth-order valence-corrected chi connectivity index (χ4v) is 4.23. The van der Waals surface area contributed by atoms with Crippen molar-refractivity contribution < 1.29 is 13.2 Å². The molecule has 1 N–H and O–H groups in total. The molecule has 2 heterocycles. The molecule has 0 amide bonds. The smallest absolute Gasteiger partial charge is 0.216 e. The Bertz CT molecular complexity index is 519. The van der Waals surface area contributed by atoms with Crippen LogP contribution in [-0.4, -0.2) is 81.8 Å². The van der Waals surface area contributed by atoms with Crippen molar-refractivity contribution in [1.29, 1.82) is 0 Å². The Hall–Kier alpha value is -0.130. The van der Waals surface area contributed by atoms with Crippen molar-refractivity contribution in [2.75, 3.05) is 58.2 Å². The van der Waals surface area contributed by atoms with E-state index in [9.17, 15) is 8.42 Å². The summed E-state index contributed by atoms with van der Waals surface area (Å²) in [5.74, 6) is 0.884. The van der Waals surface area contributed by atoms with E-state index < -0.39 is 10.0 Å². The highest BCUT2D eigenvalue weighted by Gasteiger charge is 2.31. The van der Waals surface area contributed by atoms with Crippen LogP contribution in [0.2, 0.25) is 0 Å². The van der Waals surface area contributed by atoms with Crippen LogP contribution in [0, 0.1) is 5.41 Å². The van der Waals surface area contributed by atoms with Crippen molar-refractivity contribution in [3.05, 3.63) is 0 Å². The van der Waals surface area contributed by atoms with Gasteiger partial charge in [-0.05, 0) is 18.8 Å². The number of morpholine rings is 1. The van der Waals surface area contributed by atoms with E-state index >= 15 is 0 Å². The van der Waals surface area contributed by atoms with Crippen molar-refractivity contribution in [1.82, 2.24) is 14.5 Å². The van der Waals surface area contributed by atoms with Gasteiger partial charge in [-0.15, -0.1) is 24.0 Å². The third-order valence-corrected chi connectivity index (χ3v) is 6.14. The molecule has 142 valence electrons. The van der Waals surface area contributed by atoms with Gasteiger partial charge in [0.1, 0.15) is 0 Å². The SMILES string of the molecule is CCNC(=NCCS(=O)(=O)N1CCOCC1)N1CCC(C)(C)C1.I. The number of nitrogens with zero attached hydrogens (tertiary/aromatic N) is 3. The van der Waals surface area contributed by atoms with Crippen molar-refractivity contribution in [3.63, 3.8) is 0 Å². The standard InChI is InChI=1S/C15H30N4O3S.HI/c1-4-16-14(18-7-5-15(2,3)13-18)17-6-12-23(20,21)19-8-10-22-11-9-19;/h4-13H2,1-3H3,(H,16,17);1H. The minimum atomic E-state index is -3.24. The molecular formula is C15H31IN4O3S. The first-order valence-corrected chi connectivity index (χ1v) is 10.0. The Kier molecular flexibility index (Phi) is 8.71. The number of hydrogen-bond donors (Lipinski definition) is 1. The number of hydrogen-bond acceptors (Lipinski definition) is 4. The maximum absolute atomic E-state index is 12.3. The summed E-state index contributed by atoms with van der Waals surface area (Å²) in [6.45, 7) is 11.4. The molecule has 2 rings (SSSR count). The third kappa shape index (κ3) is 6.30. The topological polar surface area (TPSA) is 74.2 Å². The third-order valence-electron chi connectivity index (χ3n) is 4.29. The first-order chi connectivity index (χ1) is 10.8. The number of ether oxygens (including phenoxy) is 1. The van der Waals surface area contributed by atoms with Gasteiger partial charge in [-0.3, -0.25) is 4.99 Å². The lowest BCUT2D eigenvalue weighted by atomic mass is 9.93. The molecule has 2 aliphatic rings. The van der Waals surface area contributed by atoms with Gasteiger partial charge < -0.3 is 15.0 Å². The molecule has 7 nitrogen and oxygen atoms in total. The number of halogens is 1. The van der Waals surface area contributed by atoms with E-state index in [0.717, 1.165) is 32.0 Å². The quantitative estimate of drug-likeness (QED) is 0.365. The molecular weight excluding hydrogens is 443 g/mol. The number of guanidine groups is 1. The zero-order valence-corrected chi connectivity index (χ0v) is 18.1. The maximum Gasteiger partial charge on any atom is 0.216 e. The summed E-state index contributed by atoms with van der Waals surface area (Å²) in [5, 5.41) is 3.28. The van der Waals surface area contributed by atoms with E-state index in [1.54, 1.807) is 0 Å². The summed E-state index contributed by atoms with van der Waals surface area (Å²) in [5.41, 5.74) is 0.288. The second-order valence-electron chi connectivity index (χ2n) is 6.90. The van der Waals surface area contributed by atoms with Gasteiger partial charge in [-0.2, -0.15) is 4.31 Å². The Morgan fingerprint density at radius 1 is 1.25 bits per heavy atom. The van der Waals surface area contributed by atoms with E-state index in [4.69, 9.17) is 4.74 Å². The fraction of sp³-hybridized carbons (Fsp3) is 0.933. The van der Waals surface area contributed by atoms with Gasteiger partial charge in [0.05, 0.1) is 25.5 Å². The van der Waals surface area contributed by atoms with Gasteiger partial charge in [0, 0.05) is 32.7 Å². The van der Waals surface area contributed by atoms with Crippen molar-refractivity contribution >= 4 is 40.0 Å². The molecule has 0 bridgehead atoms. The van der Waals surface area contributed by atoms with Gasteiger partial charge in [-0.25, -0.2) is 8.42 Å². The second-order valence-corrected chi connectivity index (χ2v) is 8.99. The Morgan fingerprint density at radius 2 is 1.92 bits per heavy atom. The molecule has 0 spiro atoms. The normalized spacial score (nSPS) is 22.3. The fourth-order valence-electron chi connectivity index (χ4n) is 2.94. The molecule has 0 aromatic heterocycles. The Labute approximate surface area is 163 Å². The molecule has 0 aromatic rings. The van der Waals surface area contributed by atoms with Crippen LogP contribution in [0.3, 0.4) is 0 Å². The van der Waals surface area contributed by atoms with E-state index in [2.05, 4.69) is 29.1 Å². The zero-order chi connectivity index (χ0) is 16.9. The van der Waals surface area contributed by atoms with E-state index in [1.165, 1.54) is 4.31 Å². The van der Waals surface area contributed by atoms with Crippen LogP contribution in [0.15, 0.2) is 4.99 Å². The Morgan fingerprint density at radius 3 is 2.46 bits per heavy atom. The highest BCUT2D eigenvalue weighted by atomic mass is 127. The van der Waals surface area contributed by atoms with Gasteiger partial charge >= 0.3 is 0 Å². The summed E-state index contributed by atoms with van der Waals surface area (Å²) in [4.78, 5) is 6.76. The van der Waals surface area contributed by atoms with Crippen LogP contribution >= 0.6 is 24.0 Å². The number of aliphatic imine (C=N–C) groups is 1. The van der Waals surface area contributed by atoms with Crippen LogP contribution in [0.4, 0.5) is 0 Å². The van der Waals surface area contributed by atoms with E-state index in [-0.39, 0.29) is 35.1 Å². The summed E-state index contributed by atoms with van der Waals surface area (Å²) in [6.07, 6.45) is 1.13. The molecule has 0 atom stereocenters. The average molecular weight is 474 g/mol. The Balaban J connectivity index is 0.00000288. The molecule has 0 unspecified atom stereocenters. The van der Waals surface area contributed by atoms with Gasteiger partial charge in [0.2, 0.25) is 10.0 Å². The number of nitrogens with one attached hydrogen (secondary N) is 1. The number of sulfonamides is 1. The lowest BCUT2D eigenvalue weighted by Crippen LogP contribution is -2.43. The first-order valence-electron chi connectivity index (χ1n) is 8.43. The predicted octanol–water partition coefficient (Wildman–Crippen LogP) is 0.964. The molecule has 0 aliphatic carbocycles. The summed E-state index contributed by atoms with van der Waals surface area (Å²) in [6, 6.07) is 0. The number of rotatable bonds is 5. The molecule has 2 fully saturated rings. The molecule has 24 heavy (non-hydrogen) atoms. The van der Waals surface area contributed by atoms with Gasteiger partial charge in [0.25, 0.3) is 0 Å². The van der Waals surface area contributed by atoms with E-state index in [0.29, 0.717) is 32.8 Å². The molecule has 0 aromatic carbocycles. The van der Waals surface area contributed by atoms with Gasteiger partial charge in [0.15, 0.2) is 5.96 Å². The molecule has 2 saturated heterocycles. The van der Waals surface area contributed by atoms with Crippen LogP contribution in [0.5, 0.6) is 0 Å². The average Bonchev–Trinajstić information content (AvgIpc) is 2.87. The summed E-state index contributed by atoms with van der Waals surface area (Å²) in [7, 11) is -3.24. The molecule has 0 radical (unpaired) electrons. The first kappa shape index (κ1) is 21.9. The van der Waals surface area contributed by atoms with Crippen LogP contribution in [-0.2, 0) is 14.8 Å². The van der Waals surface area contributed by atoms with Crippen LogP contribution < -0.4 is 5.32 Å². The monoisotopic (exact) mass is 474 g/mol. The van der Waals surface area contributed by atoms with Crippen LogP contribution in [0.25, 0.3) is 0 Å². The highest BCUT2D eigenvalue weighted by molar-refractivity contribution is 14.0. The van der Waals surface area contributed by atoms with Crippen molar-refractivity contribution in [2.24, 2.45) is 10.4 Å². The lowest BCUT2D eigenvalue weighted by molar-refractivity contribution is 0.0731. The predicted molar refractivity (Wildman–Crippen MR) is 108 cm³/mol. The zero-order valence-electron chi connectivity index (χ0n) is 15.0. The van der Waals surface area contributed by atoms with Gasteiger partial charge in [-0.1, -0.05) is 13.8 Å². The molecule has 9 heteroatoms. The number of likely N-dealkylation sites (tertiary alicyclic amines) is 1. The molecule has 0 saturated carbocycles. The highest BCUT2D eigenvalue weighted by Crippen LogP contribution is 2.28. The summed E-state index contributed by atoms with van der Waals surface area (Å²) >= 11 is 0. The largest absolute Gasteiger partial charge is 0.379 e.